The molecule has 1 heterocycles. The van der Waals surface area contributed by atoms with E-state index < -0.39 is 11.1 Å². The Labute approximate surface area is 106 Å². The second kappa shape index (κ2) is 4.74. The van der Waals surface area contributed by atoms with Crippen molar-refractivity contribution in [3.63, 3.8) is 0 Å². The molecule has 0 saturated heterocycles. The predicted molar refractivity (Wildman–Crippen MR) is 68.9 cm³/mol. The molecule has 0 aliphatic rings. The van der Waals surface area contributed by atoms with Gasteiger partial charge in [0, 0.05) is 5.38 Å². The molecule has 17 heavy (non-hydrogen) atoms. The van der Waals surface area contributed by atoms with Crippen molar-refractivity contribution in [1.29, 1.82) is 0 Å². The summed E-state index contributed by atoms with van der Waals surface area (Å²) in [6.07, 6.45) is 0.132. The van der Waals surface area contributed by atoms with E-state index >= 15 is 0 Å². The van der Waals surface area contributed by atoms with Crippen molar-refractivity contribution >= 4 is 17.3 Å². The fourth-order valence-electron chi connectivity index (χ4n) is 1.39. The molecule has 0 saturated carbocycles. The van der Waals surface area contributed by atoms with E-state index in [1.165, 1.54) is 11.3 Å². The molecule has 96 valence electrons. The zero-order valence-electron chi connectivity index (χ0n) is 11.0. The van der Waals surface area contributed by atoms with E-state index in [-0.39, 0.29) is 12.4 Å². The van der Waals surface area contributed by atoms with Gasteiger partial charge in [-0.15, -0.1) is 11.3 Å². The van der Waals surface area contributed by atoms with Gasteiger partial charge in [0.2, 0.25) is 0 Å². The topological polar surface area (TPSA) is 65.2 Å². The Morgan fingerprint density at radius 3 is 2.47 bits per heavy atom. The van der Waals surface area contributed by atoms with Gasteiger partial charge in [-0.05, 0) is 34.6 Å². The van der Waals surface area contributed by atoms with Crippen molar-refractivity contribution in [3.05, 3.63) is 16.1 Å². The van der Waals surface area contributed by atoms with E-state index in [0.717, 1.165) is 10.7 Å². The monoisotopic (exact) mass is 256 g/mol. The molecular formula is C12H20N2O2S. The lowest BCUT2D eigenvalue weighted by molar-refractivity contribution is -0.156. The number of ether oxygens (including phenoxy) is 1. The number of hydrogen-bond acceptors (Lipinski definition) is 5. The SMILES string of the molecule is Cc1nc(C(C)(N)CC(=O)OC(C)(C)C)cs1. The normalized spacial score (nSPS) is 15.4. The third-order valence-corrected chi connectivity index (χ3v) is 2.91. The summed E-state index contributed by atoms with van der Waals surface area (Å²) < 4.78 is 5.26. The maximum atomic E-state index is 11.7. The Morgan fingerprint density at radius 2 is 2.06 bits per heavy atom. The minimum atomic E-state index is -0.771. The third kappa shape index (κ3) is 4.44. The smallest absolute Gasteiger partial charge is 0.308 e. The number of aryl methyl sites for hydroxylation is 1. The Bertz CT molecular complexity index is 405. The number of nitrogens with two attached hydrogens (primary N) is 1. The van der Waals surface area contributed by atoms with Gasteiger partial charge < -0.3 is 10.5 Å². The minimum Gasteiger partial charge on any atom is -0.460 e. The van der Waals surface area contributed by atoms with Gasteiger partial charge in [-0.1, -0.05) is 0 Å². The summed E-state index contributed by atoms with van der Waals surface area (Å²) in [5.74, 6) is -0.298. The molecule has 1 rings (SSSR count). The average molecular weight is 256 g/mol. The Balaban J connectivity index is 2.70. The largest absolute Gasteiger partial charge is 0.460 e. The van der Waals surface area contributed by atoms with Crippen molar-refractivity contribution in [3.8, 4) is 0 Å². The molecular weight excluding hydrogens is 236 g/mol. The summed E-state index contributed by atoms with van der Waals surface area (Å²) in [4.78, 5) is 16.0. The zero-order chi connectivity index (χ0) is 13.3. The first kappa shape index (κ1) is 14.1. The lowest BCUT2D eigenvalue weighted by atomic mass is 9.96. The van der Waals surface area contributed by atoms with Gasteiger partial charge in [0.15, 0.2) is 0 Å². The van der Waals surface area contributed by atoms with Crippen molar-refractivity contribution < 1.29 is 9.53 Å². The number of hydrogen-bond donors (Lipinski definition) is 1. The molecule has 0 aliphatic carbocycles. The highest BCUT2D eigenvalue weighted by molar-refractivity contribution is 7.09. The first-order valence-corrected chi connectivity index (χ1v) is 6.41. The first-order valence-electron chi connectivity index (χ1n) is 5.53. The molecule has 0 aliphatic heterocycles. The molecule has 2 N–H and O–H groups in total. The van der Waals surface area contributed by atoms with E-state index in [2.05, 4.69) is 4.98 Å². The molecule has 0 amide bonds. The fraction of sp³-hybridized carbons (Fsp3) is 0.667. The van der Waals surface area contributed by atoms with E-state index in [1.807, 2.05) is 33.1 Å². The van der Waals surface area contributed by atoms with Crippen LogP contribution < -0.4 is 5.73 Å². The number of carbonyl (C=O) groups is 1. The molecule has 4 nitrogen and oxygen atoms in total. The first-order chi connectivity index (χ1) is 7.60. The van der Waals surface area contributed by atoms with Crippen molar-refractivity contribution in [2.75, 3.05) is 0 Å². The van der Waals surface area contributed by atoms with E-state index in [0.29, 0.717) is 0 Å². The number of nitrogens with zero attached hydrogens (tertiary/aromatic N) is 1. The summed E-state index contributed by atoms with van der Waals surface area (Å²) in [7, 11) is 0. The number of rotatable bonds is 3. The van der Waals surface area contributed by atoms with Crippen LogP contribution >= 0.6 is 11.3 Å². The zero-order valence-corrected chi connectivity index (χ0v) is 11.9. The minimum absolute atomic E-state index is 0.132. The second-order valence-electron chi connectivity index (χ2n) is 5.43. The average Bonchev–Trinajstić information content (AvgIpc) is 2.46. The second-order valence-corrected chi connectivity index (χ2v) is 6.49. The van der Waals surface area contributed by atoms with Gasteiger partial charge in [-0.25, -0.2) is 4.98 Å². The summed E-state index contributed by atoms with van der Waals surface area (Å²) in [5, 5.41) is 2.83. The lowest BCUT2D eigenvalue weighted by Crippen LogP contribution is -2.38. The maximum absolute atomic E-state index is 11.7. The van der Waals surface area contributed by atoms with E-state index in [4.69, 9.17) is 10.5 Å². The van der Waals surface area contributed by atoms with Crippen LogP contribution in [0.1, 0.15) is 44.8 Å². The molecule has 1 unspecified atom stereocenters. The van der Waals surface area contributed by atoms with Crippen LogP contribution in [0, 0.1) is 6.92 Å². The van der Waals surface area contributed by atoms with Gasteiger partial charge in [0.05, 0.1) is 22.7 Å². The van der Waals surface area contributed by atoms with Crippen LogP contribution in [0.15, 0.2) is 5.38 Å². The van der Waals surface area contributed by atoms with Crippen LogP contribution in [0.25, 0.3) is 0 Å². The number of carbonyl (C=O) groups excluding carboxylic acids is 1. The molecule has 0 fully saturated rings. The molecule has 1 aromatic heterocycles. The van der Waals surface area contributed by atoms with Gasteiger partial charge in [0.25, 0.3) is 0 Å². The summed E-state index contributed by atoms with van der Waals surface area (Å²) in [6, 6.07) is 0. The standard InChI is InChI=1S/C12H20N2O2S/c1-8-14-9(7-17-8)12(5,13)6-10(15)16-11(2,3)4/h7H,6,13H2,1-5H3. The van der Waals surface area contributed by atoms with E-state index in [1.54, 1.807) is 6.92 Å². The predicted octanol–water partition coefficient (Wildman–Crippen LogP) is 2.36. The third-order valence-electron chi connectivity index (χ3n) is 2.14. The highest BCUT2D eigenvalue weighted by Crippen LogP contribution is 2.24. The molecule has 0 spiro atoms. The number of aromatic nitrogens is 1. The highest BCUT2D eigenvalue weighted by Gasteiger charge is 2.29. The number of esters is 1. The molecule has 1 atom stereocenters. The number of thiazole rings is 1. The van der Waals surface area contributed by atoms with Gasteiger partial charge in [-0.2, -0.15) is 0 Å². The maximum Gasteiger partial charge on any atom is 0.308 e. The lowest BCUT2D eigenvalue weighted by Gasteiger charge is -2.25. The van der Waals surface area contributed by atoms with Gasteiger partial charge in [0.1, 0.15) is 5.60 Å². The van der Waals surface area contributed by atoms with Crippen LogP contribution in [0.3, 0.4) is 0 Å². The molecule has 1 aromatic rings. The summed E-state index contributed by atoms with van der Waals surface area (Å²) >= 11 is 1.53. The van der Waals surface area contributed by atoms with Crippen LogP contribution in [0.2, 0.25) is 0 Å². The Hall–Kier alpha value is -0.940. The van der Waals surface area contributed by atoms with Crippen molar-refractivity contribution in [2.24, 2.45) is 5.73 Å². The summed E-state index contributed by atoms with van der Waals surface area (Å²) in [6.45, 7) is 9.23. The van der Waals surface area contributed by atoms with Gasteiger partial charge in [-0.3, -0.25) is 4.79 Å². The molecule has 5 heteroatoms. The Morgan fingerprint density at radius 1 is 1.47 bits per heavy atom. The van der Waals surface area contributed by atoms with Gasteiger partial charge >= 0.3 is 5.97 Å². The van der Waals surface area contributed by atoms with Crippen molar-refractivity contribution in [2.45, 2.75) is 52.2 Å². The van der Waals surface area contributed by atoms with Crippen LogP contribution in [0.4, 0.5) is 0 Å². The Kier molecular flexibility index (Phi) is 3.94. The molecule has 0 aromatic carbocycles. The van der Waals surface area contributed by atoms with Crippen LogP contribution in [0.5, 0.6) is 0 Å². The van der Waals surface area contributed by atoms with E-state index in [9.17, 15) is 4.79 Å². The van der Waals surface area contributed by atoms with Crippen LogP contribution in [-0.2, 0) is 15.1 Å². The van der Waals surface area contributed by atoms with Crippen LogP contribution in [-0.4, -0.2) is 16.6 Å². The fourth-order valence-corrected chi connectivity index (χ4v) is 2.15. The highest BCUT2D eigenvalue weighted by atomic mass is 32.1. The van der Waals surface area contributed by atoms with Crippen molar-refractivity contribution in [1.82, 2.24) is 4.98 Å². The summed E-state index contributed by atoms with van der Waals surface area (Å²) in [5.41, 5.74) is 5.60. The quantitative estimate of drug-likeness (QED) is 0.843. The molecule has 0 radical (unpaired) electrons. The molecule has 0 bridgehead atoms.